The average Bonchev–Trinajstić information content (AvgIpc) is 2.47. The van der Waals surface area contributed by atoms with Crippen molar-refractivity contribution in [2.24, 2.45) is 0 Å². The molecule has 0 saturated carbocycles. The van der Waals surface area contributed by atoms with Gasteiger partial charge in [-0.1, -0.05) is 0 Å². The van der Waals surface area contributed by atoms with Crippen LogP contribution in [0.4, 0.5) is 0 Å². The van der Waals surface area contributed by atoms with E-state index in [1.54, 1.807) is 6.92 Å². The number of hydrogen-bond donors (Lipinski definition) is 2. The molecular weight excluding hydrogens is 196 g/mol. The smallest absolute Gasteiger partial charge is 0.161 e. The zero-order valence-corrected chi connectivity index (χ0v) is 8.57. The van der Waals surface area contributed by atoms with Gasteiger partial charge in [-0.2, -0.15) is 0 Å². The second-order valence-corrected chi connectivity index (χ2v) is 4.01. The first-order chi connectivity index (χ1) is 6.95. The van der Waals surface area contributed by atoms with E-state index < -0.39 is 5.41 Å². The summed E-state index contributed by atoms with van der Waals surface area (Å²) >= 11 is 0. The molecule has 0 fully saturated rings. The predicted octanol–water partition coefficient (Wildman–Crippen LogP) is 1.34. The Morgan fingerprint density at radius 2 is 2.00 bits per heavy atom. The maximum absolute atomic E-state index is 11.5. The van der Waals surface area contributed by atoms with Crippen LogP contribution >= 0.6 is 0 Å². The summed E-state index contributed by atoms with van der Waals surface area (Å²) < 4.78 is 5.32. The molecule has 4 heteroatoms. The lowest BCUT2D eigenvalue weighted by Crippen LogP contribution is -2.32. The van der Waals surface area contributed by atoms with Crippen LogP contribution in [0.5, 0.6) is 17.2 Å². The molecule has 1 aliphatic heterocycles. The normalized spacial score (nSPS) is 23.3. The second kappa shape index (κ2) is 2.89. The van der Waals surface area contributed by atoms with Crippen LogP contribution in [0.1, 0.15) is 19.4 Å². The van der Waals surface area contributed by atoms with E-state index in [1.807, 2.05) is 0 Å². The molecule has 0 aromatic heterocycles. The average molecular weight is 208 g/mol. The lowest BCUT2D eigenvalue weighted by atomic mass is 9.81. The van der Waals surface area contributed by atoms with Crippen molar-refractivity contribution < 1.29 is 19.7 Å². The minimum Gasteiger partial charge on any atom is -0.504 e. The number of phenols is 2. The molecule has 80 valence electrons. The minimum atomic E-state index is -0.722. The van der Waals surface area contributed by atoms with Crippen molar-refractivity contribution in [2.45, 2.75) is 19.3 Å². The summed E-state index contributed by atoms with van der Waals surface area (Å²) in [5, 5.41) is 18.7. The van der Waals surface area contributed by atoms with Crippen molar-refractivity contribution in [3.63, 3.8) is 0 Å². The zero-order chi connectivity index (χ0) is 11.2. The van der Waals surface area contributed by atoms with Gasteiger partial charge in [0.05, 0.1) is 5.41 Å². The van der Waals surface area contributed by atoms with Crippen molar-refractivity contribution in [2.75, 3.05) is 6.61 Å². The molecule has 1 heterocycles. The first-order valence-corrected chi connectivity index (χ1v) is 4.65. The van der Waals surface area contributed by atoms with Gasteiger partial charge in [-0.25, -0.2) is 0 Å². The third-order valence-corrected chi connectivity index (χ3v) is 2.96. The SMILES string of the molecule is CC(=O)C1(C)COc2cc(O)c(O)cc21. The van der Waals surface area contributed by atoms with E-state index in [0.717, 1.165) is 0 Å². The standard InChI is InChI=1S/C11H12O4/c1-6(12)11(2)5-15-10-4-9(14)8(13)3-7(10)11/h3-4,13-14H,5H2,1-2H3. The van der Waals surface area contributed by atoms with Gasteiger partial charge in [-0.3, -0.25) is 4.79 Å². The van der Waals surface area contributed by atoms with Crippen molar-refractivity contribution in [1.82, 2.24) is 0 Å². The third-order valence-electron chi connectivity index (χ3n) is 2.96. The highest BCUT2D eigenvalue weighted by molar-refractivity contribution is 5.89. The number of rotatable bonds is 1. The number of carbonyl (C=O) groups excluding carboxylic acids is 1. The summed E-state index contributed by atoms with van der Waals surface area (Å²) in [6.45, 7) is 3.50. The third kappa shape index (κ3) is 1.25. The Labute approximate surface area is 87.1 Å². The molecule has 0 spiro atoms. The van der Waals surface area contributed by atoms with Gasteiger partial charge in [-0.15, -0.1) is 0 Å². The van der Waals surface area contributed by atoms with Gasteiger partial charge in [0.1, 0.15) is 18.1 Å². The van der Waals surface area contributed by atoms with Crippen LogP contribution in [-0.4, -0.2) is 22.6 Å². The largest absolute Gasteiger partial charge is 0.504 e. The molecule has 2 N–H and O–H groups in total. The fraction of sp³-hybridized carbons (Fsp3) is 0.364. The quantitative estimate of drug-likeness (QED) is 0.683. The predicted molar refractivity (Wildman–Crippen MR) is 53.3 cm³/mol. The number of phenolic OH excluding ortho intramolecular Hbond substituents is 2. The number of carbonyl (C=O) groups is 1. The molecule has 1 aromatic carbocycles. The first kappa shape index (κ1) is 9.83. The molecule has 1 aliphatic rings. The molecule has 0 bridgehead atoms. The van der Waals surface area contributed by atoms with Gasteiger partial charge in [0.15, 0.2) is 11.5 Å². The fourth-order valence-electron chi connectivity index (χ4n) is 1.70. The lowest BCUT2D eigenvalue weighted by Gasteiger charge is -2.18. The van der Waals surface area contributed by atoms with Gasteiger partial charge in [-0.05, 0) is 19.9 Å². The Morgan fingerprint density at radius 3 is 2.60 bits per heavy atom. The van der Waals surface area contributed by atoms with E-state index in [1.165, 1.54) is 19.1 Å². The summed E-state index contributed by atoms with van der Waals surface area (Å²) in [5.41, 5.74) is -0.0918. The van der Waals surface area contributed by atoms with Crippen LogP contribution in [0.15, 0.2) is 12.1 Å². The van der Waals surface area contributed by atoms with E-state index in [0.29, 0.717) is 11.3 Å². The summed E-state index contributed by atoms with van der Waals surface area (Å²) in [7, 11) is 0. The molecule has 0 saturated heterocycles. The number of benzene rings is 1. The van der Waals surface area contributed by atoms with E-state index in [2.05, 4.69) is 0 Å². The number of fused-ring (bicyclic) bond motifs is 1. The van der Waals surface area contributed by atoms with Gasteiger partial charge in [0, 0.05) is 11.6 Å². The number of ketones is 1. The van der Waals surface area contributed by atoms with Crippen molar-refractivity contribution in [3.05, 3.63) is 17.7 Å². The molecule has 15 heavy (non-hydrogen) atoms. The highest BCUT2D eigenvalue weighted by atomic mass is 16.5. The maximum Gasteiger partial charge on any atom is 0.161 e. The summed E-state index contributed by atoms with van der Waals surface area (Å²) in [5.74, 6) is -0.0254. The first-order valence-electron chi connectivity index (χ1n) is 4.65. The Morgan fingerprint density at radius 1 is 1.40 bits per heavy atom. The van der Waals surface area contributed by atoms with E-state index in [-0.39, 0.29) is 23.9 Å². The van der Waals surface area contributed by atoms with Crippen LogP contribution in [-0.2, 0) is 10.2 Å². The van der Waals surface area contributed by atoms with Crippen LogP contribution in [0.2, 0.25) is 0 Å². The van der Waals surface area contributed by atoms with Gasteiger partial charge >= 0.3 is 0 Å². The number of hydrogen-bond acceptors (Lipinski definition) is 4. The van der Waals surface area contributed by atoms with E-state index in [9.17, 15) is 15.0 Å². The summed E-state index contributed by atoms with van der Waals surface area (Å²) in [4.78, 5) is 11.5. The minimum absolute atomic E-state index is 0.0219. The van der Waals surface area contributed by atoms with Crippen LogP contribution in [0.25, 0.3) is 0 Å². The summed E-state index contributed by atoms with van der Waals surface area (Å²) in [6.07, 6.45) is 0. The number of aromatic hydroxyl groups is 2. The number of Topliss-reactive ketones (excluding diaryl/α,β-unsaturated/α-hetero) is 1. The van der Waals surface area contributed by atoms with E-state index >= 15 is 0 Å². The Kier molecular flexibility index (Phi) is 1.89. The van der Waals surface area contributed by atoms with Crippen LogP contribution in [0.3, 0.4) is 0 Å². The molecule has 0 radical (unpaired) electrons. The number of ether oxygens (including phenoxy) is 1. The van der Waals surface area contributed by atoms with Gasteiger partial charge < -0.3 is 14.9 Å². The maximum atomic E-state index is 11.5. The van der Waals surface area contributed by atoms with Gasteiger partial charge in [0.2, 0.25) is 0 Å². The molecule has 1 aromatic rings. The Bertz CT molecular complexity index is 438. The van der Waals surface area contributed by atoms with Crippen molar-refractivity contribution >= 4 is 5.78 Å². The molecule has 0 amide bonds. The van der Waals surface area contributed by atoms with Crippen molar-refractivity contribution in [3.8, 4) is 17.2 Å². The summed E-state index contributed by atoms with van der Waals surface area (Å²) in [6, 6.07) is 2.72. The monoisotopic (exact) mass is 208 g/mol. The molecule has 4 nitrogen and oxygen atoms in total. The van der Waals surface area contributed by atoms with Crippen LogP contribution in [0, 0.1) is 0 Å². The fourth-order valence-corrected chi connectivity index (χ4v) is 1.70. The van der Waals surface area contributed by atoms with Crippen molar-refractivity contribution in [1.29, 1.82) is 0 Å². The highest BCUT2D eigenvalue weighted by Gasteiger charge is 2.41. The molecular formula is C11H12O4. The lowest BCUT2D eigenvalue weighted by molar-refractivity contribution is -0.122. The molecule has 1 unspecified atom stereocenters. The molecule has 1 atom stereocenters. The Hall–Kier alpha value is -1.71. The Balaban J connectivity index is 2.61. The zero-order valence-electron chi connectivity index (χ0n) is 8.57. The topological polar surface area (TPSA) is 66.8 Å². The second-order valence-electron chi connectivity index (χ2n) is 4.01. The highest BCUT2D eigenvalue weighted by Crippen LogP contribution is 2.44. The molecule has 2 rings (SSSR count). The van der Waals surface area contributed by atoms with Gasteiger partial charge in [0.25, 0.3) is 0 Å². The van der Waals surface area contributed by atoms with E-state index in [4.69, 9.17) is 4.74 Å². The molecule has 0 aliphatic carbocycles. The van der Waals surface area contributed by atoms with Crippen LogP contribution < -0.4 is 4.74 Å².